The van der Waals surface area contributed by atoms with Gasteiger partial charge in [-0.1, -0.05) is 61.3 Å². The number of hydrogen-bond acceptors (Lipinski definition) is 11. The number of aromatic nitrogens is 2. The number of anilines is 3. The second-order valence-electron chi connectivity index (χ2n) is 20.3. The summed E-state index contributed by atoms with van der Waals surface area (Å²) in [6, 6.07) is 30.8. The SMILES string of the molecule is CCCCOC.COCCN(C)c1ccc(C(=O)Nc2cc(C(=O)N3CCC(F)(c4ccc(C#N)cc4)CC3)c(C)cc2C)cn1.Cc1cc(C)c(C(=O)N2CCC(F)(c3ccc(C#N)cc3)CC2)cc1NC(=O)c1ccc(Cl)nc1. The number of halogens is 3. The molecule has 4 heterocycles. The molecule has 0 saturated carbocycles. The fourth-order valence-corrected chi connectivity index (χ4v) is 9.56. The summed E-state index contributed by atoms with van der Waals surface area (Å²) in [4.78, 5) is 66.0. The van der Waals surface area contributed by atoms with Crippen molar-refractivity contribution in [2.24, 2.45) is 0 Å². The first kappa shape index (κ1) is 62.1. The van der Waals surface area contributed by atoms with Gasteiger partial charge >= 0.3 is 0 Å². The molecular formula is C63H70ClF2N9O6. The predicted molar refractivity (Wildman–Crippen MR) is 311 cm³/mol. The largest absolute Gasteiger partial charge is 0.385 e. The van der Waals surface area contributed by atoms with Crippen LogP contribution in [0.25, 0.3) is 0 Å². The number of piperidine rings is 2. The van der Waals surface area contributed by atoms with Gasteiger partial charge in [-0.2, -0.15) is 10.5 Å². The Morgan fingerprint density at radius 3 is 1.40 bits per heavy atom. The fraction of sp³-hybridized carbons (Fsp3) is 0.365. The van der Waals surface area contributed by atoms with Crippen LogP contribution in [0.1, 0.15) is 131 Å². The molecule has 0 atom stereocenters. The smallest absolute Gasteiger partial charge is 0.257 e. The number of methoxy groups -OCH3 is 2. The molecule has 2 aliphatic rings. The minimum atomic E-state index is -1.55. The molecule has 18 heteroatoms. The van der Waals surface area contributed by atoms with Crippen molar-refractivity contribution < 1.29 is 37.4 Å². The van der Waals surface area contributed by atoms with Crippen molar-refractivity contribution in [1.82, 2.24) is 19.8 Å². The maximum absolute atomic E-state index is 15.7. The van der Waals surface area contributed by atoms with E-state index >= 15 is 8.78 Å². The molecule has 6 aromatic rings. The number of carbonyl (C=O) groups is 4. The van der Waals surface area contributed by atoms with Gasteiger partial charge in [0.2, 0.25) is 0 Å². The number of nitrogens with one attached hydrogen (secondary N) is 2. The van der Waals surface area contributed by atoms with Crippen molar-refractivity contribution in [2.45, 2.75) is 84.5 Å². The van der Waals surface area contributed by atoms with Gasteiger partial charge in [-0.15, -0.1) is 0 Å². The van der Waals surface area contributed by atoms with E-state index in [0.29, 0.717) is 74.2 Å². The van der Waals surface area contributed by atoms with E-state index < -0.39 is 11.3 Å². The van der Waals surface area contributed by atoms with Crippen LogP contribution in [0.5, 0.6) is 0 Å². The first-order valence-electron chi connectivity index (χ1n) is 26.9. The van der Waals surface area contributed by atoms with Crippen molar-refractivity contribution in [3.63, 3.8) is 0 Å². The lowest BCUT2D eigenvalue weighted by molar-refractivity contribution is 0.0412. The molecule has 0 bridgehead atoms. The first-order valence-corrected chi connectivity index (χ1v) is 27.2. The Hall–Kier alpha value is -8.09. The van der Waals surface area contributed by atoms with Gasteiger partial charge in [-0.3, -0.25) is 19.2 Å². The number of amides is 4. The van der Waals surface area contributed by atoms with Gasteiger partial charge in [0.1, 0.15) is 22.3 Å². The number of alkyl halides is 2. The number of benzene rings is 4. The molecule has 2 aliphatic heterocycles. The number of pyridine rings is 2. The van der Waals surface area contributed by atoms with Gasteiger partial charge in [0.15, 0.2) is 0 Å². The van der Waals surface area contributed by atoms with E-state index in [1.165, 1.54) is 31.3 Å². The van der Waals surface area contributed by atoms with Crippen LogP contribution < -0.4 is 15.5 Å². The number of rotatable bonds is 15. The molecule has 0 radical (unpaired) electrons. The molecule has 15 nitrogen and oxygen atoms in total. The summed E-state index contributed by atoms with van der Waals surface area (Å²) in [6.45, 7) is 12.8. The third-order valence-corrected chi connectivity index (χ3v) is 14.8. The summed E-state index contributed by atoms with van der Waals surface area (Å²) in [5, 5.41) is 24.0. The lowest BCUT2D eigenvalue weighted by Gasteiger charge is -2.37. The number of likely N-dealkylation sites (N-methyl/N-ethyl adjacent to an activating group) is 1. The monoisotopic (exact) mass is 1120 g/mol. The summed E-state index contributed by atoms with van der Waals surface area (Å²) in [7, 11) is 5.27. The number of nitriles is 2. The van der Waals surface area contributed by atoms with Gasteiger partial charge in [-0.05, 0) is 128 Å². The lowest BCUT2D eigenvalue weighted by atomic mass is 9.85. The Balaban J connectivity index is 0.000000239. The third-order valence-electron chi connectivity index (χ3n) is 14.6. The number of unbranched alkanes of at least 4 members (excludes halogenated alkanes) is 1. The predicted octanol–water partition coefficient (Wildman–Crippen LogP) is 12.0. The molecular weight excluding hydrogens is 1050 g/mol. The van der Waals surface area contributed by atoms with Crippen LogP contribution in [0, 0.1) is 50.4 Å². The van der Waals surface area contributed by atoms with Crippen molar-refractivity contribution in [2.75, 3.05) is 82.7 Å². The van der Waals surface area contributed by atoms with Crippen LogP contribution in [-0.4, -0.2) is 111 Å². The van der Waals surface area contributed by atoms with Crippen molar-refractivity contribution >= 4 is 52.4 Å². The molecule has 4 aromatic carbocycles. The van der Waals surface area contributed by atoms with Crippen LogP contribution in [-0.2, 0) is 20.8 Å². The molecule has 8 rings (SSSR count). The highest BCUT2D eigenvalue weighted by Gasteiger charge is 2.39. The van der Waals surface area contributed by atoms with Crippen LogP contribution in [0.15, 0.2) is 109 Å². The first-order chi connectivity index (χ1) is 38.8. The summed E-state index contributed by atoms with van der Waals surface area (Å²) in [5.41, 5.74) is 4.88. The van der Waals surface area contributed by atoms with Crippen molar-refractivity contribution in [3.8, 4) is 12.1 Å². The number of hydrogen-bond donors (Lipinski definition) is 2. The van der Waals surface area contributed by atoms with E-state index in [2.05, 4.69) is 27.5 Å². The zero-order chi connectivity index (χ0) is 58.9. The highest BCUT2D eigenvalue weighted by Crippen LogP contribution is 2.39. The zero-order valence-corrected chi connectivity index (χ0v) is 48.1. The Morgan fingerprint density at radius 1 is 0.630 bits per heavy atom. The number of carbonyl (C=O) groups excluding carboxylic acids is 4. The number of nitrogens with zero attached hydrogens (tertiary/aromatic N) is 7. The number of likely N-dealkylation sites (tertiary alicyclic amines) is 2. The topological polar surface area (TPSA) is 194 Å². The Bertz CT molecular complexity index is 3220. The summed E-state index contributed by atoms with van der Waals surface area (Å²) in [5.74, 6) is -0.354. The van der Waals surface area contributed by atoms with Crippen molar-refractivity contribution in [1.29, 1.82) is 10.5 Å². The summed E-state index contributed by atoms with van der Waals surface area (Å²) >= 11 is 5.79. The van der Waals surface area contributed by atoms with Gasteiger partial charge in [0.05, 0.1) is 41.0 Å². The Kier molecular flexibility index (Phi) is 22.1. The summed E-state index contributed by atoms with van der Waals surface area (Å²) < 4.78 is 41.2. The van der Waals surface area contributed by atoms with E-state index in [1.54, 1.807) is 103 Å². The second kappa shape index (κ2) is 28.9. The van der Waals surface area contributed by atoms with E-state index in [-0.39, 0.29) is 75.5 Å². The minimum Gasteiger partial charge on any atom is -0.385 e. The van der Waals surface area contributed by atoms with Gasteiger partial charge in [0, 0.05) is 121 Å². The van der Waals surface area contributed by atoms with Gasteiger partial charge < -0.3 is 34.8 Å². The quantitative estimate of drug-likeness (QED) is 0.0734. The molecule has 2 saturated heterocycles. The fourth-order valence-electron chi connectivity index (χ4n) is 9.44. The average Bonchev–Trinajstić information content (AvgIpc) is 3.54. The lowest BCUT2D eigenvalue weighted by Crippen LogP contribution is -2.43. The van der Waals surface area contributed by atoms with Gasteiger partial charge in [-0.25, -0.2) is 18.7 Å². The normalized spacial score (nSPS) is 14.1. The maximum Gasteiger partial charge on any atom is 0.257 e. The van der Waals surface area contributed by atoms with E-state index in [1.807, 2.05) is 63.9 Å². The number of ether oxygens (including phenoxy) is 2. The molecule has 0 spiro atoms. The van der Waals surface area contributed by atoms with E-state index in [0.717, 1.165) is 34.7 Å². The molecule has 2 fully saturated rings. The molecule has 424 valence electrons. The average molecular weight is 1120 g/mol. The molecule has 81 heavy (non-hydrogen) atoms. The highest BCUT2D eigenvalue weighted by atomic mass is 35.5. The second-order valence-corrected chi connectivity index (χ2v) is 20.7. The molecule has 0 unspecified atom stereocenters. The van der Waals surface area contributed by atoms with Crippen LogP contribution in [0.3, 0.4) is 0 Å². The summed E-state index contributed by atoms with van der Waals surface area (Å²) in [6.07, 6.45) is 6.01. The third kappa shape index (κ3) is 16.3. The Morgan fingerprint density at radius 2 is 1.05 bits per heavy atom. The molecule has 0 aliphatic carbocycles. The molecule has 2 N–H and O–H groups in total. The standard InChI is InChI=1S/C31H34FN5O3.C27H24ClFN4O2.C5H12O/c1-21-17-22(2)27(35-29(38)24-7-10-28(34-20-24)36(3)15-16-40-4)18-26(21)30(39)37-13-11-31(32,12-14-37)25-8-5-23(19-33)6-9-25;1-17-13-18(2)23(32-25(34)20-5-8-24(28)31-16-20)14-22(17)26(35)33-11-9-27(29,10-12-33)21-6-3-19(15-30)4-7-21;1-3-4-5-6-2/h5-10,17-18,20H,11-16H2,1-4H3,(H,35,38);3-8,13-14,16H,9-12H2,1-2H3,(H,32,34);3-5H2,1-2H3. The van der Waals surface area contributed by atoms with Crippen molar-refractivity contribution in [3.05, 3.63) is 181 Å². The van der Waals surface area contributed by atoms with Crippen LogP contribution in [0.2, 0.25) is 5.15 Å². The van der Waals surface area contributed by atoms with Crippen LogP contribution >= 0.6 is 11.6 Å². The molecule has 2 aromatic heterocycles. The highest BCUT2D eigenvalue weighted by molar-refractivity contribution is 6.29. The van der Waals surface area contributed by atoms with Crippen LogP contribution in [0.4, 0.5) is 26.0 Å². The maximum atomic E-state index is 15.7. The number of aryl methyl sites for hydroxylation is 4. The van der Waals surface area contributed by atoms with E-state index in [9.17, 15) is 19.2 Å². The minimum absolute atomic E-state index is 0.169. The zero-order valence-electron chi connectivity index (χ0n) is 47.3. The molecule has 4 amide bonds. The Labute approximate surface area is 478 Å². The van der Waals surface area contributed by atoms with Gasteiger partial charge in [0.25, 0.3) is 23.6 Å². The van der Waals surface area contributed by atoms with E-state index in [4.69, 9.17) is 31.6 Å².